The minimum Gasteiger partial charge on any atom is -0.478 e. The van der Waals surface area contributed by atoms with Crippen LogP contribution in [0.1, 0.15) is 15.9 Å². The number of nitro benzene ring substituents is 1. The minimum atomic E-state index is -1.27. The fourth-order valence-electron chi connectivity index (χ4n) is 3.69. The van der Waals surface area contributed by atoms with Gasteiger partial charge in [-0.3, -0.25) is 10.1 Å². The molecule has 11 nitrogen and oxygen atoms in total. The fraction of sp³-hybridized carbons (Fsp3) is 0. The number of fused-ring (bicyclic) bond motifs is 1. The third kappa shape index (κ3) is 4.62. The highest BCUT2D eigenvalue weighted by atomic mass is 16.6. The van der Waals surface area contributed by atoms with Gasteiger partial charge in [-0.15, -0.1) is 5.10 Å². The van der Waals surface area contributed by atoms with Gasteiger partial charge in [-0.2, -0.15) is 5.26 Å². The van der Waals surface area contributed by atoms with Crippen molar-refractivity contribution in [1.29, 1.82) is 5.26 Å². The molecular formula is C26H16N6O5. The first-order valence-corrected chi connectivity index (χ1v) is 10.8. The molecule has 0 atom stereocenters. The zero-order chi connectivity index (χ0) is 25.9. The zero-order valence-corrected chi connectivity index (χ0v) is 18.9. The number of carbonyl (C=O) groups is 1. The largest absolute Gasteiger partial charge is 0.478 e. The van der Waals surface area contributed by atoms with Crippen LogP contribution in [-0.2, 0) is 0 Å². The quantitative estimate of drug-likeness (QED) is 0.224. The van der Waals surface area contributed by atoms with Gasteiger partial charge < -0.3 is 15.2 Å². The van der Waals surface area contributed by atoms with E-state index in [1.807, 2.05) is 30.3 Å². The number of nitro groups is 1. The van der Waals surface area contributed by atoms with E-state index in [2.05, 4.69) is 21.5 Å². The maximum Gasteiger partial charge on any atom is 0.335 e. The summed E-state index contributed by atoms with van der Waals surface area (Å²) in [5, 5.41) is 38.0. The first-order valence-electron chi connectivity index (χ1n) is 10.8. The zero-order valence-electron chi connectivity index (χ0n) is 18.9. The SMILES string of the molecule is N#Cc1c(Nc2ccc(Oc3ccccc3)cc2)nn2cc(-c3ccc(C(=O)O)cc3[N+](=O)[O-])cnc12. The molecule has 2 aromatic heterocycles. The van der Waals surface area contributed by atoms with Crippen LogP contribution in [0.2, 0.25) is 0 Å². The van der Waals surface area contributed by atoms with Gasteiger partial charge in [0.15, 0.2) is 11.5 Å². The lowest BCUT2D eigenvalue weighted by molar-refractivity contribution is -0.384. The Morgan fingerprint density at radius 1 is 1.08 bits per heavy atom. The molecule has 0 spiro atoms. The molecule has 2 N–H and O–H groups in total. The number of aromatic nitrogens is 3. The van der Waals surface area contributed by atoms with Gasteiger partial charge in [-0.05, 0) is 48.5 Å². The number of ether oxygens (including phenoxy) is 1. The molecule has 0 aliphatic heterocycles. The Kier molecular flexibility index (Phi) is 5.89. The number of benzene rings is 3. The van der Waals surface area contributed by atoms with E-state index in [-0.39, 0.29) is 33.8 Å². The van der Waals surface area contributed by atoms with Crippen molar-refractivity contribution in [2.75, 3.05) is 5.32 Å². The molecule has 0 radical (unpaired) electrons. The average molecular weight is 492 g/mol. The molecule has 0 saturated carbocycles. The molecule has 0 fully saturated rings. The molecule has 5 rings (SSSR count). The number of aromatic carboxylic acids is 1. The molecule has 37 heavy (non-hydrogen) atoms. The summed E-state index contributed by atoms with van der Waals surface area (Å²) in [5.41, 5.74) is 1.00. The molecule has 3 aromatic carbocycles. The van der Waals surface area contributed by atoms with Crippen LogP contribution in [0.4, 0.5) is 17.2 Å². The van der Waals surface area contributed by atoms with Crippen LogP contribution in [-0.4, -0.2) is 30.6 Å². The minimum absolute atomic E-state index is 0.168. The van der Waals surface area contributed by atoms with Gasteiger partial charge in [0.2, 0.25) is 0 Å². The lowest BCUT2D eigenvalue weighted by Crippen LogP contribution is -2.00. The van der Waals surface area contributed by atoms with Gasteiger partial charge in [0.1, 0.15) is 23.1 Å². The lowest BCUT2D eigenvalue weighted by Gasteiger charge is -2.07. The van der Waals surface area contributed by atoms with E-state index >= 15 is 0 Å². The second kappa shape index (κ2) is 9.47. The number of hydrogen-bond donors (Lipinski definition) is 2. The molecule has 11 heteroatoms. The second-order valence-corrected chi connectivity index (χ2v) is 7.80. The molecule has 0 bridgehead atoms. The van der Waals surface area contributed by atoms with E-state index in [0.717, 1.165) is 6.07 Å². The van der Waals surface area contributed by atoms with Gasteiger partial charge in [0.05, 0.1) is 16.1 Å². The molecule has 0 saturated heterocycles. The van der Waals surface area contributed by atoms with Crippen molar-refractivity contribution in [2.45, 2.75) is 0 Å². The van der Waals surface area contributed by atoms with Gasteiger partial charge in [-0.25, -0.2) is 14.3 Å². The van der Waals surface area contributed by atoms with Crippen LogP contribution in [0, 0.1) is 21.4 Å². The molecule has 0 unspecified atom stereocenters. The Morgan fingerprint density at radius 2 is 1.81 bits per heavy atom. The third-order valence-corrected chi connectivity index (χ3v) is 5.43. The van der Waals surface area contributed by atoms with Crippen molar-refractivity contribution >= 4 is 28.8 Å². The molecule has 5 aromatic rings. The summed E-state index contributed by atoms with van der Waals surface area (Å²) in [4.78, 5) is 26.4. The number of hydrogen-bond acceptors (Lipinski definition) is 8. The highest BCUT2D eigenvalue weighted by Crippen LogP contribution is 2.32. The lowest BCUT2D eigenvalue weighted by atomic mass is 10.0. The van der Waals surface area contributed by atoms with E-state index in [4.69, 9.17) is 9.84 Å². The first-order chi connectivity index (χ1) is 17.9. The number of rotatable bonds is 7. The van der Waals surface area contributed by atoms with Gasteiger partial charge in [-0.1, -0.05) is 18.2 Å². The van der Waals surface area contributed by atoms with Crippen LogP contribution in [0.15, 0.2) is 85.2 Å². The molecule has 180 valence electrons. The third-order valence-electron chi connectivity index (χ3n) is 5.43. The maximum absolute atomic E-state index is 11.6. The van der Waals surface area contributed by atoms with Crippen molar-refractivity contribution in [3.8, 4) is 28.7 Å². The van der Waals surface area contributed by atoms with Gasteiger partial charge >= 0.3 is 5.97 Å². The fourth-order valence-corrected chi connectivity index (χ4v) is 3.69. The molecular weight excluding hydrogens is 476 g/mol. The summed E-state index contributed by atoms with van der Waals surface area (Å²) >= 11 is 0. The van der Waals surface area contributed by atoms with Gasteiger partial charge in [0.25, 0.3) is 5.69 Å². The van der Waals surface area contributed by atoms with Crippen molar-refractivity contribution in [3.63, 3.8) is 0 Å². The summed E-state index contributed by atoms with van der Waals surface area (Å²) in [6.07, 6.45) is 2.87. The van der Waals surface area contributed by atoms with Crippen molar-refractivity contribution in [2.24, 2.45) is 0 Å². The normalized spacial score (nSPS) is 10.6. The van der Waals surface area contributed by atoms with Crippen LogP contribution >= 0.6 is 0 Å². The highest BCUT2D eigenvalue weighted by molar-refractivity contribution is 5.90. The number of nitrogens with zero attached hydrogens (tertiary/aromatic N) is 5. The summed E-state index contributed by atoms with van der Waals surface area (Å²) in [5.74, 6) is 0.313. The monoisotopic (exact) mass is 492 g/mol. The summed E-state index contributed by atoms with van der Waals surface area (Å²) < 4.78 is 7.13. The van der Waals surface area contributed by atoms with Gasteiger partial charge in [0, 0.05) is 29.7 Å². The number of para-hydroxylation sites is 1. The summed E-state index contributed by atoms with van der Waals surface area (Å²) in [6.45, 7) is 0. The number of anilines is 2. The Balaban J connectivity index is 1.45. The number of nitriles is 1. The van der Waals surface area contributed by atoms with E-state index in [1.165, 1.54) is 29.0 Å². The standard InChI is InChI=1S/C26H16N6O5/c27-13-22-24(29-18-7-9-20(10-8-18)37-19-4-2-1-3-5-19)30-31-15-17(14-28-25(22)31)21-11-6-16(26(33)34)12-23(21)32(35)36/h1-12,14-15H,(H,29,30)(H,33,34). The van der Waals surface area contributed by atoms with E-state index < -0.39 is 10.9 Å². The number of nitrogens with one attached hydrogen (secondary N) is 1. The molecule has 0 amide bonds. The molecule has 0 aliphatic rings. The Morgan fingerprint density at radius 3 is 2.49 bits per heavy atom. The van der Waals surface area contributed by atoms with Crippen molar-refractivity contribution in [1.82, 2.24) is 14.6 Å². The number of carboxylic acids is 1. The average Bonchev–Trinajstić information content (AvgIpc) is 3.26. The van der Waals surface area contributed by atoms with E-state index in [1.54, 1.807) is 24.3 Å². The smallest absolute Gasteiger partial charge is 0.335 e. The van der Waals surface area contributed by atoms with E-state index in [9.17, 15) is 20.2 Å². The Labute approximate surface area is 209 Å². The highest BCUT2D eigenvalue weighted by Gasteiger charge is 2.21. The predicted octanol–water partition coefficient (Wildman–Crippen LogP) is 5.41. The van der Waals surface area contributed by atoms with Crippen LogP contribution in [0.25, 0.3) is 16.8 Å². The van der Waals surface area contributed by atoms with Crippen LogP contribution in [0.5, 0.6) is 11.5 Å². The van der Waals surface area contributed by atoms with Crippen molar-refractivity contribution < 1.29 is 19.6 Å². The second-order valence-electron chi connectivity index (χ2n) is 7.80. The Bertz CT molecular complexity index is 1690. The molecule has 0 aliphatic carbocycles. The van der Waals surface area contributed by atoms with Crippen LogP contribution < -0.4 is 10.1 Å². The topological polar surface area (TPSA) is 156 Å². The Hall–Kier alpha value is -5.76. The maximum atomic E-state index is 11.6. The van der Waals surface area contributed by atoms with E-state index in [0.29, 0.717) is 22.7 Å². The molecule has 2 heterocycles. The predicted molar refractivity (Wildman–Crippen MR) is 133 cm³/mol. The summed E-state index contributed by atoms with van der Waals surface area (Å²) in [6, 6.07) is 22.1. The van der Waals surface area contributed by atoms with Crippen LogP contribution in [0.3, 0.4) is 0 Å². The number of carboxylic acid groups (broad SMARTS) is 1. The first kappa shape index (κ1) is 23.0. The summed E-state index contributed by atoms with van der Waals surface area (Å²) in [7, 11) is 0. The van der Waals surface area contributed by atoms with Crippen molar-refractivity contribution in [3.05, 3.63) is 106 Å².